The summed E-state index contributed by atoms with van der Waals surface area (Å²) in [6.07, 6.45) is 5.20. The minimum atomic E-state index is 0.191. The van der Waals surface area contributed by atoms with Crippen LogP contribution in [0.5, 0.6) is 0 Å². The molecule has 0 aromatic rings. The van der Waals surface area contributed by atoms with Crippen molar-refractivity contribution in [1.29, 1.82) is 0 Å². The van der Waals surface area contributed by atoms with Crippen LogP contribution < -0.4 is 0 Å². The number of hydrogen-bond acceptors (Lipinski definition) is 1. The Morgan fingerprint density at radius 1 is 1.58 bits per heavy atom. The molecule has 0 aromatic heterocycles. The fourth-order valence-corrected chi connectivity index (χ4v) is 2.09. The number of halogens is 1. The summed E-state index contributed by atoms with van der Waals surface area (Å²) in [5, 5.41) is 0. The Hall–Kier alpha value is 0.140. The van der Waals surface area contributed by atoms with E-state index in [9.17, 15) is 4.79 Å². The number of allylic oxidation sites excluding steroid dienone is 2. The van der Waals surface area contributed by atoms with Gasteiger partial charge in [-0.2, -0.15) is 0 Å². The van der Waals surface area contributed by atoms with E-state index in [1.54, 1.807) is 0 Å². The molecular formula is C10H15IO. The summed E-state index contributed by atoms with van der Waals surface area (Å²) >= 11 is 2.37. The first-order valence-corrected chi connectivity index (χ1v) is 5.73. The van der Waals surface area contributed by atoms with Crippen LogP contribution in [0.2, 0.25) is 0 Å². The van der Waals surface area contributed by atoms with Gasteiger partial charge in [-0.15, -0.1) is 0 Å². The summed E-state index contributed by atoms with van der Waals surface area (Å²) in [7, 11) is 0. The Labute approximate surface area is 87.8 Å². The van der Waals surface area contributed by atoms with E-state index < -0.39 is 0 Å². The summed E-state index contributed by atoms with van der Waals surface area (Å²) in [5.41, 5.74) is 1.35. The molecule has 12 heavy (non-hydrogen) atoms. The first-order chi connectivity index (χ1) is 5.61. The molecule has 0 N–H and O–H groups in total. The molecule has 0 aromatic carbocycles. The summed E-state index contributed by atoms with van der Waals surface area (Å²) < 4.78 is 0.547. The molecular weight excluding hydrogens is 263 g/mol. The zero-order valence-electron chi connectivity index (χ0n) is 7.64. The van der Waals surface area contributed by atoms with E-state index in [4.69, 9.17) is 0 Å². The van der Waals surface area contributed by atoms with Crippen LogP contribution in [0.4, 0.5) is 0 Å². The largest absolute Gasteiger partial charge is 0.299 e. The number of carbonyl (C=O) groups is 1. The van der Waals surface area contributed by atoms with Gasteiger partial charge in [0, 0.05) is 16.3 Å². The number of alkyl halides is 1. The highest BCUT2D eigenvalue weighted by molar-refractivity contribution is 14.1. The van der Waals surface area contributed by atoms with Crippen molar-refractivity contribution >= 4 is 28.4 Å². The Balaban J connectivity index is 2.70. The monoisotopic (exact) mass is 278 g/mol. The normalized spacial score (nSPS) is 30.8. The number of carbonyl (C=O) groups excluding carboxylic acids is 1. The van der Waals surface area contributed by atoms with Gasteiger partial charge in [-0.1, -0.05) is 41.2 Å². The zero-order chi connectivity index (χ0) is 9.14. The van der Waals surface area contributed by atoms with Gasteiger partial charge in [-0.05, 0) is 19.8 Å². The zero-order valence-corrected chi connectivity index (χ0v) is 9.80. The van der Waals surface area contributed by atoms with Crippen LogP contribution in [0.25, 0.3) is 0 Å². The first-order valence-electron chi connectivity index (χ1n) is 4.48. The summed E-state index contributed by atoms with van der Waals surface area (Å²) in [6, 6.07) is 0. The molecule has 0 saturated heterocycles. The molecule has 1 aliphatic rings. The van der Waals surface area contributed by atoms with Crippen LogP contribution in [-0.4, -0.2) is 9.71 Å². The molecule has 0 radical (unpaired) electrons. The Bertz CT molecular complexity index is 206. The standard InChI is InChI=1S/C10H15IO/c1-7(11)6-9-4-3-5-10(12)8(9)2/h6-8H,3-5H2,1-2H3/b9-6-. The second-order valence-electron chi connectivity index (χ2n) is 3.46. The van der Waals surface area contributed by atoms with Gasteiger partial charge in [0.1, 0.15) is 5.78 Å². The molecule has 2 unspecified atom stereocenters. The molecule has 1 nitrogen and oxygen atoms in total. The van der Waals surface area contributed by atoms with Crippen molar-refractivity contribution < 1.29 is 4.79 Å². The van der Waals surface area contributed by atoms with Crippen LogP contribution >= 0.6 is 22.6 Å². The minimum absolute atomic E-state index is 0.191. The topological polar surface area (TPSA) is 17.1 Å². The lowest BCUT2D eigenvalue weighted by Gasteiger charge is -2.20. The van der Waals surface area contributed by atoms with E-state index in [0.717, 1.165) is 19.3 Å². The molecule has 2 heteroatoms. The van der Waals surface area contributed by atoms with Crippen LogP contribution in [0.3, 0.4) is 0 Å². The lowest BCUT2D eigenvalue weighted by molar-refractivity contribution is -0.122. The van der Waals surface area contributed by atoms with Crippen LogP contribution in [0.15, 0.2) is 11.6 Å². The van der Waals surface area contributed by atoms with Gasteiger partial charge in [-0.3, -0.25) is 4.79 Å². The second kappa shape index (κ2) is 4.40. The van der Waals surface area contributed by atoms with Gasteiger partial charge in [-0.25, -0.2) is 0 Å². The maximum Gasteiger partial charge on any atom is 0.139 e. The molecule has 1 rings (SSSR count). The maximum atomic E-state index is 11.3. The Morgan fingerprint density at radius 2 is 2.25 bits per heavy atom. The number of hydrogen-bond donors (Lipinski definition) is 0. The van der Waals surface area contributed by atoms with Gasteiger partial charge < -0.3 is 0 Å². The molecule has 0 aliphatic heterocycles. The average molecular weight is 278 g/mol. The van der Waals surface area contributed by atoms with E-state index >= 15 is 0 Å². The van der Waals surface area contributed by atoms with Gasteiger partial charge >= 0.3 is 0 Å². The van der Waals surface area contributed by atoms with E-state index in [1.165, 1.54) is 5.57 Å². The average Bonchev–Trinajstić information content (AvgIpc) is 1.98. The minimum Gasteiger partial charge on any atom is -0.299 e. The fraction of sp³-hybridized carbons (Fsp3) is 0.700. The lowest BCUT2D eigenvalue weighted by Crippen LogP contribution is -2.19. The number of Topliss-reactive ketones (excluding diaryl/α,β-unsaturated/α-hetero) is 1. The fourth-order valence-electron chi connectivity index (χ4n) is 1.63. The molecule has 0 amide bonds. The van der Waals surface area contributed by atoms with Crippen molar-refractivity contribution in [2.45, 2.75) is 37.0 Å². The van der Waals surface area contributed by atoms with Crippen LogP contribution in [0.1, 0.15) is 33.1 Å². The number of ketones is 1. The van der Waals surface area contributed by atoms with Gasteiger partial charge in [0.25, 0.3) is 0 Å². The van der Waals surface area contributed by atoms with Gasteiger partial charge in [0.2, 0.25) is 0 Å². The van der Waals surface area contributed by atoms with Crippen molar-refractivity contribution in [1.82, 2.24) is 0 Å². The van der Waals surface area contributed by atoms with Crippen molar-refractivity contribution in [3.63, 3.8) is 0 Å². The molecule has 1 saturated carbocycles. The van der Waals surface area contributed by atoms with Crippen LogP contribution in [-0.2, 0) is 4.79 Å². The molecule has 1 aliphatic carbocycles. The highest BCUT2D eigenvalue weighted by atomic mass is 127. The quantitative estimate of drug-likeness (QED) is 0.409. The van der Waals surface area contributed by atoms with Crippen LogP contribution in [0, 0.1) is 5.92 Å². The van der Waals surface area contributed by atoms with Gasteiger partial charge in [0.15, 0.2) is 0 Å². The Kier molecular flexibility index (Phi) is 3.75. The molecule has 0 bridgehead atoms. The summed E-state index contributed by atoms with van der Waals surface area (Å²) in [5.74, 6) is 0.612. The van der Waals surface area contributed by atoms with Crippen molar-refractivity contribution in [2.24, 2.45) is 5.92 Å². The summed E-state index contributed by atoms with van der Waals surface area (Å²) in [6.45, 7) is 4.19. The van der Waals surface area contributed by atoms with Crippen molar-refractivity contribution in [3.8, 4) is 0 Å². The van der Waals surface area contributed by atoms with Crippen molar-refractivity contribution in [3.05, 3.63) is 11.6 Å². The SMILES string of the molecule is CC(I)/C=C1/CCCC(=O)C1C. The maximum absolute atomic E-state index is 11.3. The molecule has 1 fully saturated rings. The smallest absolute Gasteiger partial charge is 0.139 e. The second-order valence-corrected chi connectivity index (χ2v) is 5.43. The molecule has 2 atom stereocenters. The van der Waals surface area contributed by atoms with Crippen molar-refractivity contribution in [2.75, 3.05) is 0 Å². The third-order valence-electron chi connectivity index (χ3n) is 2.37. The predicted molar refractivity (Wildman–Crippen MR) is 59.6 cm³/mol. The third-order valence-corrected chi connectivity index (χ3v) is 2.73. The molecule has 0 heterocycles. The van der Waals surface area contributed by atoms with E-state index in [-0.39, 0.29) is 5.92 Å². The number of rotatable bonds is 1. The molecule has 0 spiro atoms. The van der Waals surface area contributed by atoms with E-state index in [1.807, 2.05) is 6.92 Å². The van der Waals surface area contributed by atoms with Gasteiger partial charge in [0.05, 0.1) is 0 Å². The van der Waals surface area contributed by atoms with E-state index in [2.05, 4.69) is 35.6 Å². The Morgan fingerprint density at radius 3 is 2.83 bits per heavy atom. The highest BCUT2D eigenvalue weighted by Crippen LogP contribution is 2.27. The first kappa shape index (κ1) is 10.2. The predicted octanol–water partition coefficient (Wildman–Crippen LogP) is 3.13. The summed E-state index contributed by atoms with van der Waals surface area (Å²) in [4.78, 5) is 11.3. The van der Waals surface area contributed by atoms with E-state index in [0.29, 0.717) is 9.71 Å². The highest BCUT2D eigenvalue weighted by Gasteiger charge is 2.22. The molecule has 68 valence electrons. The third kappa shape index (κ3) is 2.57. The lowest BCUT2D eigenvalue weighted by atomic mass is 9.84.